The second-order valence-corrected chi connectivity index (χ2v) is 23.1. The molecular weight excluding hydrogens is 891 g/mol. The molecule has 0 saturated heterocycles. The Bertz CT molecular complexity index is 2650. The van der Waals surface area contributed by atoms with Crippen molar-refractivity contribution in [2.75, 3.05) is 0 Å². The van der Waals surface area contributed by atoms with Gasteiger partial charge in [0.1, 0.15) is 11.6 Å². The Morgan fingerprint density at radius 3 is 1.20 bits per heavy atom. The summed E-state index contributed by atoms with van der Waals surface area (Å²) in [6.07, 6.45) is 22.9. The molecule has 8 rings (SSSR count). The average molecular weight is 963 g/mol. The highest BCUT2D eigenvalue weighted by molar-refractivity contribution is 7.24. The van der Waals surface area contributed by atoms with Crippen LogP contribution in [0.4, 0.5) is 8.78 Å². The number of hydrogen-bond acceptors (Lipinski definition) is 4. The highest BCUT2D eigenvalue weighted by Gasteiger charge is 2.26. The van der Waals surface area contributed by atoms with Gasteiger partial charge in [0.05, 0.1) is 22.1 Å². The van der Waals surface area contributed by atoms with E-state index in [1.807, 2.05) is 34.8 Å². The molecule has 0 atom stereocenters. The molecular formula is C58H72F2N2S4. The number of benzene rings is 2. The van der Waals surface area contributed by atoms with Gasteiger partial charge >= 0.3 is 0 Å². The third-order valence-electron chi connectivity index (χ3n) is 13.6. The van der Waals surface area contributed by atoms with E-state index in [0.717, 1.165) is 133 Å². The molecule has 0 amide bonds. The van der Waals surface area contributed by atoms with Gasteiger partial charge in [-0.2, -0.15) is 0 Å². The summed E-state index contributed by atoms with van der Waals surface area (Å²) < 4.78 is 39.0. The lowest BCUT2D eigenvalue weighted by atomic mass is 10.1. The van der Waals surface area contributed by atoms with Crippen LogP contribution in [-0.4, -0.2) is 9.13 Å². The maximum absolute atomic E-state index is 17.1. The van der Waals surface area contributed by atoms with Gasteiger partial charge in [-0.15, -0.1) is 45.3 Å². The molecule has 8 heteroatoms. The van der Waals surface area contributed by atoms with Crippen LogP contribution in [0.3, 0.4) is 0 Å². The minimum Gasteiger partial charge on any atom is -0.339 e. The first kappa shape index (κ1) is 48.9. The normalized spacial score (nSPS) is 12.1. The topological polar surface area (TPSA) is 9.86 Å². The van der Waals surface area contributed by atoms with Crippen LogP contribution in [0.5, 0.6) is 0 Å². The van der Waals surface area contributed by atoms with E-state index in [2.05, 4.69) is 99.2 Å². The van der Waals surface area contributed by atoms with E-state index in [4.69, 9.17) is 0 Å². The van der Waals surface area contributed by atoms with Gasteiger partial charge in [0.2, 0.25) is 0 Å². The first-order valence-electron chi connectivity index (χ1n) is 25.7. The number of unbranched alkanes of at least 4 members (excludes halogenated alkanes) is 10. The third-order valence-corrected chi connectivity index (χ3v) is 18.6. The van der Waals surface area contributed by atoms with Gasteiger partial charge in [-0.05, 0) is 136 Å². The fourth-order valence-electron chi connectivity index (χ4n) is 9.83. The van der Waals surface area contributed by atoms with Crippen molar-refractivity contribution in [2.24, 2.45) is 0 Å². The molecule has 6 aromatic heterocycles. The minimum absolute atomic E-state index is 0.183. The van der Waals surface area contributed by atoms with Crippen LogP contribution >= 0.6 is 45.3 Å². The van der Waals surface area contributed by atoms with E-state index < -0.39 is 0 Å². The van der Waals surface area contributed by atoms with Crippen LogP contribution in [0.25, 0.3) is 73.2 Å². The van der Waals surface area contributed by atoms with Crippen LogP contribution in [-0.2, 0) is 38.8 Å². The van der Waals surface area contributed by atoms with Crippen molar-refractivity contribution in [1.29, 1.82) is 0 Å². The lowest BCUT2D eigenvalue weighted by Gasteiger charge is -2.11. The summed E-state index contributed by atoms with van der Waals surface area (Å²) in [4.78, 5) is 10.1. The Balaban J connectivity index is 1.23. The molecule has 0 radical (unpaired) electrons. The van der Waals surface area contributed by atoms with Gasteiger partial charge in [-0.3, -0.25) is 0 Å². The summed E-state index contributed by atoms with van der Waals surface area (Å²) in [5.74, 6) is -0.366. The summed E-state index contributed by atoms with van der Waals surface area (Å²) in [5, 5.41) is 1.85. The first-order valence-corrected chi connectivity index (χ1v) is 29.0. The molecule has 2 nitrogen and oxygen atoms in total. The second-order valence-electron chi connectivity index (χ2n) is 18.7. The van der Waals surface area contributed by atoms with Crippen molar-refractivity contribution in [1.82, 2.24) is 9.13 Å². The van der Waals surface area contributed by atoms with Gasteiger partial charge in [0, 0.05) is 74.0 Å². The molecule has 352 valence electrons. The van der Waals surface area contributed by atoms with E-state index in [0.29, 0.717) is 11.1 Å². The Morgan fingerprint density at radius 1 is 0.394 bits per heavy atom. The maximum Gasteiger partial charge on any atom is 0.132 e. The number of halogens is 2. The van der Waals surface area contributed by atoms with Crippen LogP contribution in [0.15, 0.2) is 60.7 Å². The largest absolute Gasteiger partial charge is 0.339 e. The molecule has 8 aromatic rings. The maximum atomic E-state index is 17.1. The molecule has 2 aromatic carbocycles. The van der Waals surface area contributed by atoms with Crippen molar-refractivity contribution in [3.63, 3.8) is 0 Å². The number of nitrogens with zero attached hydrogens (tertiary/aromatic N) is 2. The summed E-state index contributed by atoms with van der Waals surface area (Å²) >= 11 is 7.35. The Morgan fingerprint density at radius 2 is 0.803 bits per heavy atom. The third kappa shape index (κ3) is 10.5. The lowest BCUT2D eigenvalue weighted by Crippen LogP contribution is -1.99. The predicted molar refractivity (Wildman–Crippen MR) is 291 cm³/mol. The van der Waals surface area contributed by atoms with Gasteiger partial charge in [-0.1, -0.05) is 106 Å². The standard InChI is InChI=1S/C58H72F2N2S4/c1-7-13-19-21-25-41-27-29-51(63-41)57-39(23-15-9-3)33-53(65-57)43-37-49-45(35-47(43)59)55-56(61(49)31-17-11-5)46-36-48(60)44(38-50(46)62(55)32-18-12-6)54-34-40(24-16-10-4)58(66-54)52-30-28-42(64-52)26-22-20-14-8-2/h27-30,33-38H,7-26,31-32H2,1-6H3. The highest BCUT2D eigenvalue weighted by Crippen LogP contribution is 2.48. The smallest absolute Gasteiger partial charge is 0.132 e. The highest BCUT2D eigenvalue weighted by atomic mass is 32.1. The molecule has 0 unspecified atom stereocenters. The van der Waals surface area contributed by atoms with Crippen LogP contribution in [0, 0.1) is 11.6 Å². The van der Waals surface area contributed by atoms with E-state index >= 15 is 8.78 Å². The van der Waals surface area contributed by atoms with Crippen LogP contribution in [0.2, 0.25) is 0 Å². The van der Waals surface area contributed by atoms with Crippen LogP contribution in [0.1, 0.15) is 165 Å². The predicted octanol–water partition coefficient (Wildman–Crippen LogP) is 20.5. The average Bonchev–Trinajstić information content (AvgIpc) is 4.19. The summed E-state index contributed by atoms with van der Waals surface area (Å²) in [6.45, 7) is 15.1. The minimum atomic E-state index is -0.183. The number of rotatable bonds is 26. The van der Waals surface area contributed by atoms with E-state index in [1.54, 1.807) is 22.7 Å². The Hall–Kier alpha value is -3.56. The molecule has 0 aliphatic carbocycles. The van der Waals surface area contributed by atoms with E-state index in [-0.39, 0.29) is 11.6 Å². The number of fused-ring (bicyclic) bond motifs is 5. The zero-order valence-electron chi connectivity index (χ0n) is 40.6. The molecule has 66 heavy (non-hydrogen) atoms. The van der Waals surface area contributed by atoms with Crippen molar-refractivity contribution < 1.29 is 8.78 Å². The fourth-order valence-corrected chi connectivity index (χ4v) is 14.7. The Kier molecular flexibility index (Phi) is 17.2. The van der Waals surface area contributed by atoms with Crippen LogP contribution < -0.4 is 0 Å². The van der Waals surface area contributed by atoms with Crippen molar-refractivity contribution in [2.45, 2.75) is 183 Å². The van der Waals surface area contributed by atoms with Crippen molar-refractivity contribution in [3.8, 4) is 40.4 Å². The lowest BCUT2D eigenvalue weighted by molar-refractivity contribution is 0.632. The fraction of sp³-hybridized carbons (Fsp3) is 0.483. The summed E-state index contributed by atoms with van der Waals surface area (Å²) in [7, 11) is 0. The van der Waals surface area contributed by atoms with E-state index in [1.165, 1.54) is 91.8 Å². The quantitative estimate of drug-likeness (QED) is 0.0479. The molecule has 0 bridgehead atoms. The molecule has 0 fully saturated rings. The molecule has 0 aliphatic rings. The number of thiophene rings is 4. The molecule has 0 spiro atoms. The van der Waals surface area contributed by atoms with Crippen molar-refractivity contribution >= 4 is 78.2 Å². The number of aromatic nitrogens is 2. The SMILES string of the molecule is CCCCCCc1ccc(-c2sc(-c3cc4c(cc3F)c3c(c5cc(F)c(-c6cc(CCCC)c(-c7ccc(CCCCCC)s7)s6)cc5n3CCCC)n4CCCC)cc2CCCC)s1. The molecule has 0 aliphatic heterocycles. The number of hydrogen-bond donors (Lipinski definition) is 0. The first-order chi connectivity index (χ1) is 32.3. The van der Waals surface area contributed by atoms with Gasteiger partial charge < -0.3 is 9.13 Å². The van der Waals surface area contributed by atoms with Gasteiger partial charge in [0.15, 0.2) is 0 Å². The number of aryl methyl sites for hydroxylation is 6. The summed E-state index contributed by atoms with van der Waals surface area (Å²) in [6, 6.07) is 21.7. The second kappa shape index (κ2) is 23.2. The zero-order chi connectivity index (χ0) is 46.2. The van der Waals surface area contributed by atoms with Gasteiger partial charge in [0.25, 0.3) is 0 Å². The van der Waals surface area contributed by atoms with Crippen molar-refractivity contribution in [3.05, 3.63) is 93.2 Å². The summed E-state index contributed by atoms with van der Waals surface area (Å²) in [5.41, 5.74) is 8.16. The van der Waals surface area contributed by atoms with E-state index in [9.17, 15) is 0 Å². The van der Waals surface area contributed by atoms with Gasteiger partial charge in [-0.25, -0.2) is 8.78 Å². The molecule has 6 heterocycles. The molecule has 0 N–H and O–H groups in total. The monoisotopic (exact) mass is 962 g/mol. The molecule has 0 saturated carbocycles. The Labute approximate surface area is 410 Å². The zero-order valence-corrected chi connectivity index (χ0v) is 43.9.